The van der Waals surface area contributed by atoms with E-state index in [0.717, 1.165) is 14.7 Å². The van der Waals surface area contributed by atoms with Gasteiger partial charge in [0.15, 0.2) is 4.80 Å². The van der Waals surface area contributed by atoms with E-state index in [1.807, 2.05) is 22.8 Å². The highest BCUT2D eigenvalue weighted by Crippen LogP contribution is 2.22. The Balaban J connectivity index is 1.99. The third-order valence-corrected chi connectivity index (χ3v) is 8.20. The zero-order chi connectivity index (χ0) is 21.9. The maximum atomic E-state index is 12.8. The van der Waals surface area contributed by atoms with Crippen LogP contribution in [0.3, 0.4) is 0 Å². The van der Waals surface area contributed by atoms with Crippen molar-refractivity contribution in [1.82, 2.24) is 8.87 Å². The van der Waals surface area contributed by atoms with Gasteiger partial charge in [0.2, 0.25) is 10.0 Å². The molecule has 0 radical (unpaired) electrons. The smallest absolute Gasteiger partial charge is 0.279 e. The monoisotopic (exact) mass is 507 g/mol. The Bertz CT molecular complexity index is 1250. The summed E-state index contributed by atoms with van der Waals surface area (Å²) in [5.41, 5.74) is 1.30. The van der Waals surface area contributed by atoms with E-state index < -0.39 is 15.9 Å². The molecule has 6 nitrogen and oxygen atoms in total. The molecule has 3 rings (SSSR count). The molecule has 1 aromatic heterocycles. The number of nitrogens with zero attached hydrogens (tertiary/aromatic N) is 3. The van der Waals surface area contributed by atoms with Crippen molar-refractivity contribution >= 4 is 53.4 Å². The molecule has 3 aromatic rings. The Morgan fingerprint density at radius 2 is 1.87 bits per heavy atom. The summed E-state index contributed by atoms with van der Waals surface area (Å²) in [5.74, 6) is -0.426. The van der Waals surface area contributed by atoms with Crippen LogP contribution in [-0.2, 0) is 16.6 Å². The number of aromatic nitrogens is 1. The maximum Gasteiger partial charge on any atom is 0.279 e. The molecule has 0 bridgehead atoms. The Labute approximate surface area is 188 Å². The lowest BCUT2D eigenvalue weighted by Crippen LogP contribution is -2.30. The first-order chi connectivity index (χ1) is 14.3. The molecule has 0 aliphatic heterocycles. The van der Waals surface area contributed by atoms with Crippen LogP contribution in [0.4, 0.5) is 0 Å². The van der Waals surface area contributed by atoms with Crippen LogP contribution in [0.2, 0.25) is 0 Å². The molecule has 0 N–H and O–H groups in total. The number of allylic oxidation sites excluding steroid dienone is 1. The van der Waals surface area contributed by atoms with Gasteiger partial charge < -0.3 is 4.57 Å². The number of hydrogen-bond acceptors (Lipinski definition) is 4. The van der Waals surface area contributed by atoms with E-state index in [4.69, 9.17) is 0 Å². The molecular formula is C21H22BrN3O3S2. The van der Waals surface area contributed by atoms with Gasteiger partial charge in [0, 0.05) is 29.7 Å². The maximum absolute atomic E-state index is 12.8. The van der Waals surface area contributed by atoms with Crippen LogP contribution in [0.15, 0.2) is 69.5 Å². The fraction of sp³-hybridized carbons (Fsp3) is 0.238. The predicted molar refractivity (Wildman–Crippen MR) is 124 cm³/mol. The van der Waals surface area contributed by atoms with Gasteiger partial charge in [-0.05, 0) is 42.5 Å². The second-order valence-corrected chi connectivity index (χ2v) is 10.3. The minimum Gasteiger partial charge on any atom is -0.312 e. The number of carbonyl (C=O) groups is 1. The van der Waals surface area contributed by atoms with Crippen molar-refractivity contribution in [2.75, 3.05) is 13.1 Å². The molecule has 0 spiro atoms. The van der Waals surface area contributed by atoms with E-state index in [1.54, 1.807) is 19.9 Å². The lowest BCUT2D eigenvalue weighted by molar-refractivity contribution is 0.0998. The molecule has 0 aliphatic carbocycles. The van der Waals surface area contributed by atoms with Gasteiger partial charge in [-0.25, -0.2) is 8.42 Å². The van der Waals surface area contributed by atoms with E-state index in [-0.39, 0.29) is 4.90 Å². The van der Waals surface area contributed by atoms with E-state index in [2.05, 4.69) is 27.5 Å². The molecule has 0 saturated carbocycles. The Hall–Kier alpha value is -2.07. The number of rotatable bonds is 7. The molecule has 1 amide bonds. The van der Waals surface area contributed by atoms with Gasteiger partial charge >= 0.3 is 0 Å². The van der Waals surface area contributed by atoms with Gasteiger partial charge in [0.1, 0.15) is 0 Å². The number of benzene rings is 2. The summed E-state index contributed by atoms with van der Waals surface area (Å²) >= 11 is 4.88. The average molecular weight is 508 g/mol. The summed E-state index contributed by atoms with van der Waals surface area (Å²) in [5, 5.41) is 0. The summed E-state index contributed by atoms with van der Waals surface area (Å²) in [6.45, 7) is 8.67. The zero-order valence-corrected chi connectivity index (χ0v) is 19.9. The molecule has 30 heavy (non-hydrogen) atoms. The van der Waals surface area contributed by atoms with Crippen molar-refractivity contribution in [3.05, 3.63) is 70.0 Å². The summed E-state index contributed by atoms with van der Waals surface area (Å²) in [6.07, 6.45) is 1.75. The molecule has 1 heterocycles. The first-order valence-corrected chi connectivity index (χ1v) is 12.5. The quantitative estimate of drug-likeness (QED) is 0.444. The number of carbonyl (C=O) groups excluding carboxylic acids is 1. The Morgan fingerprint density at radius 1 is 1.20 bits per heavy atom. The van der Waals surface area contributed by atoms with Gasteiger partial charge in [-0.3, -0.25) is 4.79 Å². The largest absolute Gasteiger partial charge is 0.312 e. The van der Waals surface area contributed by atoms with Crippen LogP contribution in [-0.4, -0.2) is 36.3 Å². The number of fused-ring (bicyclic) bond motifs is 1. The number of amides is 1. The van der Waals surface area contributed by atoms with Crippen LogP contribution in [0, 0.1) is 0 Å². The third kappa shape index (κ3) is 4.49. The fourth-order valence-corrected chi connectivity index (χ4v) is 6.12. The Kier molecular flexibility index (Phi) is 7.07. The van der Waals surface area contributed by atoms with Crippen LogP contribution in [0.1, 0.15) is 24.2 Å². The van der Waals surface area contributed by atoms with E-state index in [0.29, 0.717) is 30.0 Å². The van der Waals surface area contributed by atoms with E-state index in [1.165, 1.54) is 39.9 Å². The summed E-state index contributed by atoms with van der Waals surface area (Å²) < 4.78 is 30.5. The predicted octanol–water partition coefficient (Wildman–Crippen LogP) is 4.42. The van der Waals surface area contributed by atoms with Gasteiger partial charge in [0.05, 0.1) is 15.1 Å². The van der Waals surface area contributed by atoms with Crippen LogP contribution in [0.25, 0.3) is 10.2 Å². The van der Waals surface area contributed by atoms with Gasteiger partial charge in [-0.1, -0.05) is 47.2 Å². The van der Waals surface area contributed by atoms with Crippen molar-refractivity contribution in [2.24, 2.45) is 4.99 Å². The van der Waals surface area contributed by atoms with Gasteiger partial charge in [0.25, 0.3) is 5.91 Å². The molecule has 0 atom stereocenters. The SMILES string of the molecule is C=CCn1c(=NC(=O)c2ccc(S(=O)(=O)N(CC)CC)cc2)sc2cc(Br)ccc21. The number of halogens is 1. The zero-order valence-electron chi connectivity index (χ0n) is 16.7. The van der Waals surface area contributed by atoms with E-state index >= 15 is 0 Å². The van der Waals surface area contributed by atoms with Gasteiger partial charge in [-0.15, -0.1) is 6.58 Å². The van der Waals surface area contributed by atoms with Crippen LogP contribution < -0.4 is 4.80 Å². The molecule has 0 saturated heterocycles. The second kappa shape index (κ2) is 9.38. The van der Waals surface area contributed by atoms with Crippen molar-refractivity contribution in [1.29, 1.82) is 0 Å². The van der Waals surface area contributed by atoms with Crippen molar-refractivity contribution < 1.29 is 13.2 Å². The molecule has 0 aliphatic rings. The van der Waals surface area contributed by atoms with Crippen molar-refractivity contribution in [3.8, 4) is 0 Å². The number of hydrogen-bond donors (Lipinski definition) is 0. The molecular weight excluding hydrogens is 486 g/mol. The highest BCUT2D eigenvalue weighted by molar-refractivity contribution is 9.10. The lowest BCUT2D eigenvalue weighted by atomic mass is 10.2. The standard InChI is InChI=1S/C21H22BrN3O3S2/c1-4-13-25-18-12-9-16(22)14-19(18)29-21(25)23-20(26)15-7-10-17(11-8-15)30(27,28)24(5-2)6-3/h4,7-12,14H,1,5-6,13H2,2-3H3. The molecule has 0 fully saturated rings. The highest BCUT2D eigenvalue weighted by Gasteiger charge is 2.21. The van der Waals surface area contributed by atoms with Crippen LogP contribution >= 0.6 is 27.3 Å². The molecule has 158 valence electrons. The topological polar surface area (TPSA) is 71.7 Å². The first kappa shape index (κ1) is 22.6. The molecule has 9 heteroatoms. The average Bonchev–Trinajstić information content (AvgIpc) is 3.05. The third-order valence-electron chi connectivity index (χ3n) is 4.60. The molecule has 2 aromatic carbocycles. The Morgan fingerprint density at radius 3 is 2.47 bits per heavy atom. The van der Waals surface area contributed by atoms with Crippen molar-refractivity contribution in [3.63, 3.8) is 0 Å². The highest BCUT2D eigenvalue weighted by atomic mass is 79.9. The van der Waals surface area contributed by atoms with E-state index in [9.17, 15) is 13.2 Å². The summed E-state index contributed by atoms with van der Waals surface area (Å²) in [7, 11) is -3.56. The minimum atomic E-state index is -3.56. The summed E-state index contributed by atoms with van der Waals surface area (Å²) in [6, 6.07) is 11.8. The normalized spacial score (nSPS) is 12.6. The fourth-order valence-electron chi connectivity index (χ4n) is 3.07. The number of sulfonamides is 1. The minimum absolute atomic E-state index is 0.163. The molecule has 0 unspecified atom stereocenters. The van der Waals surface area contributed by atoms with Crippen molar-refractivity contribution in [2.45, 2.75) is 25.3 Å². The van der Waals surface area contributed by atoms with Gasteiger partial charge in [-0.2, -0.15) is 9.30 Å². The first-order valence-electron chi connectivity index (χ1n) is 9.40. The lowest BCUT2D eigenvalue weighted by Gasteiger charge is -2.18. The summed E-state index contributed by atoms with van der Waals surface area (Å²) in [4.78, 5) is 17.8. The second-order valence-electron chi connectivity index (χ2n) is 6.43. The van der Waals surface area contributed by atoms with Crippen LogP contribution in [0.5, 0.6) is 0 Å². The number of thiazole rings is 1.